The SMILES string of the molecule is Cc1ccccc1C(=O)Nc1nnc(S(=O)(=O)NCCc2ccc(Cl)cc2)s1. The number of nitrogens with one attached hydrogen (secondary N) is 2. The summed E-state index contributed by atoms with van der Waals surface area (Å²) in [4.78, 5) is 12.3. The highest BCUT2D eigenvalue weighted by Gasteiger charge is 2.21. The number of aromatic nitrogens is 2. The van der Waals surface area contributed by atoms with Gasteiger partial charge >= 0.3 is 0 Å². The number of hydrogen-bond donors (Lipinski definition) is 2. The molecular formula is C18H17ClN4O3S2. The highest BCUT2D eigenvalue weighted by Crippen LogP contribution is 2.21. The van der Waals surface area contributed by atoms with Gasteiger partial charge in [0.2, 0.25) is 9.47 Å². The smallest absolute Gasteiger partial charge is 0.269 e. The standard InChI is InChI=1S/C18H17ClN4O3S2/c1-12-4-2-3-5-15(12)16(24)21-17-22-23-18(27-17)28(25,26)20-11-10-13-6-8-14(19)9-7-13/h2-9,20H,10-11H2,1H3,(H,21,22,24). The van der Waals surface area contributed by atoms with Crippen LogP contribution in [0.2, 0.25) is 5.02 Å². The van der Waals surface area contributed by atoms with Crippen LogP contribution in [0.3, 0.4) is 0 Å². The first-order valence-corrected chi connectivity index (χ1v) is 11.0. The molecule has 0 spiro atoms. The van der Waals surface area contributed by atoms with Crippen molar-refractivity contribution in [2.75, 3.05) is 11.9 Å². The molecule has 0 aliphatic carbocycles. The number of carbonyl (C=O) groups is 1. The maximum atomic E-state index is 12.4. The number of halogens is 1. The highest BCUT2D eigenvalue weighted by molar-refractivity contribution is 7.91. The molecule has 0 atom stereocenters. The first-order valence-electron chi connectivity index (χ1n) is 8.30. The van der Waals surface area contributed by atoms with Crippen LogP contribution in [0.25, 0.3) is 0 Å². The molecule has 0 unspecified atom stereocenters. The lowest BCUT2D eigenvalue weighted by Gasteiger charge is -2.04. The summed E-state index contributed by atoms with van der Waals surface area (Å²) in [5.41, 5.74) is 2.25. The number of amides is 1. The van der Waals surface area contributed by atoms with Crippen LogP contribution in [0, 0.1) is 6.92 Å². The van der Waals surface area contributed by atoms with Crippen LogP contribution in [0.5, 0.6) is 0 Å². The molecule has 0 fully saturated rings. The zero-order valence-corrected chi connectivity index (χ0v) is 17.2. The Bertz CT molecular complexity index is 1080. The quantitative estimate of drug-likeness (QED) is 0.553. The van der Waals surface area contributed by atoms with Gasteiger partial charge in [0, 0.05) is 17.1 Å². The van der Waals surface area contributed by atoms with Gasteiger partial charge in [-0.3, -0.25) is 10.1 Å². The van der Waals surface area contributed by atoms with Gasteiger partial charge in [0.25, 0.3) is 15.9 Å². The van der Waals surface area contributed by atoms with Gasteiger partial charge < -0.3 is 0 Å². The van der Waals surface area contributed by atoms with E-state index in [1.807, 2.05) is 31.2 Å². The first kappa shape index (κ1) is 20.4. The fraction of sp³-hybridized carbons (Fsp3) is 0.167. The third-order valence-corrected chi connectivity index (χ3v) is 6.78. The maximum absolute atomic E-state index is 12.4. The molecule has 0 aliphatic heterocycles. The topological polar surface area (TPSA) is 101 Å². The largest absolute Gasteiger partial charge is 0.296 e. The second kappa shape index (κ2) is 8.78. The Kier molecular flexibility index (Phi) is 6.40. The summed E-state index contributed by atoms with van der Waals surface area (Å²) >= 11 is 6.62. The average molecular weight is 437 g/mol. The van der Waals surface area contributed by atoms with Gasteiger partial charge in [0.05, 0.1) is 0 Å². The van der Waals surface area contributed by atoms with Crippen molar-refractivity contribution in [1.29, 1.82) is 0 Å². The summed E-state index contributed by atoms with van der Waals surface area (Å²) in [5.74, 6) is -0.367. The zero-order valence-electron chi connectivity index (χ0n) is 14.8. The highest BCUT2D eigenvalue weighted by atomic mass is 35.5. The Hall–Kier alpha value is -2.33. The zero-order chi connectivity index (χ0) is 20.1. The summed E-state index contributed by atoms with van der Waals surface area (Å²) < 4.78 is 27.0. The Morgan fingerprint density at radius 1 is 1.11 bits per heavy atom. The van der Waals surface area contributed by atoms with E-state index < -0.39 is 10.0 Å². The van der Waals surface area contributed by atoms with Gasteiger partial charge in [0.15, 0.2) is 0 Å². The van der Waals surface area contributed by atoms with Crippen LogP contribution in [-0.4, -0.2) is 31.1 Å². The van der Waals surface area contributed by atoms with Crippen molar-refractivity contribution in [2.45, 2.75) is 17.7 Å². The van der Waals surface area contributed by atoms with Crippen molar-refractivity contribution >= 4 is 44.0 Å². The van der Waals surface area contributed by atoms with Crippen molar-refractivity contribution in [2.24, 2.45) is 0 Å². The predicted octanol–water partition coefficient (Wildman–Crippen LogP) is 3.27. The van der Waals surface area contributed by atoms with Gasteiger partial charge in [-0.2, -0.15) is 0 Å². The lowest BCUT2D eigenvalue weighted by Crippen LogP contribution is -2.25. The van der Waals surface area contributed by atoms with E-state index >= 15 is 0 Å². The fourth-order valence-corrected chi connectivity index (χ4v) is 4.50. The second-order valence-corrected chi connectivity index (χ2v) is 9.27. The first-order chi connectivity index (χ1) is 13.3. The minimum absolute atomic E-state index is 0.117. The Balaban J connectivity index is 1.61. The molecule has 10 heteroatoms. The van der Waals surface area contributed by atoms with Crippen LogP contribution in [0.4, 0.5) is 5.13 Å². The number of anilines is 1. The normalized spacial score (nSPS) is 11.4. The van der Waals surface area contributed by atoms with Crippen LogP contribution < -0.4 is 10.0 Å². The minimum atomic E-state index is -3.81. The van der Waals surface area contributed by atoms with Crippen molar-refractivity contribution in [3.8, 4) is 0 Å². The van der Waals surface area contributed by atoms with E-state index in [2.05, 4.69) is 20.2 Å². The summed E-state index contributed by atoms with van der Waals surface area (Å²) in [5, 5.41) is 10.8. The van der Waals surface area contributed by atoms with E-state index in [0.29, 0.717) is 17.0 Å². The Morgan fingerprint density at radius 2 is 1.82 bits per heavy atom. The second-order valence-electron chi connectivity index (χ2n) is 5.92. The summed E-state index contributed by atoms with van der Waals surface area (Å²) in [6.45, 7) is 2.02. The molecular weight excluding hydrogens is 420 g/mol. The van der Waals surface area contributed by atoms with E-state index in [4.69, 9.17) is 11.6 Å². The number of rotatable bonds is 7. The molecule has 1 amide bonds. The monoisotopic (exact) mass is 436 g/mol. The maximum Gasteiger partial charge on any atom is 0.269 e. The molecule has 3 rings (SSSR count). The molecule has 0 aliphatic rings. The van der Waals surface area contributed by atoms with Gasteiger partial charge in [0.1, 0.15) is 0 Å². The Morgan fingerprint density at radius 3 is 2.54 bits per heavy atom. The molecule has 0 bridgehead atoms. The molecule has 28 heavy (non-hydrogen) atoms. The van der Waals surface area contributed by atoms with E-state index in [1.165, 1.54) is 0 Å². The molecule has 7 nitrogen and oxygen atoms in total. The molecule has 2 N–H and O–H groups in total. The Labute approximate surface area is 171 Å². The van der Waals surface area contributed by atoms with Crippen LogP contribution in [0.1, 0.15) is 21.5 Å². The number of sulfonamides is 1. The fourth-order valence-electron chi connectivity index (χ4n) is 2.40. The van der Waals surface area contributed by atoms with Crippen molar-refractivity contribution in [3.63, 3.8) is 0 Å². The summed E-state index contributed by atoms with van der Waals surface area (Å²) in [7, 11) is -3.81. The number of carbonyl (C=O) groups excluding carboxylic acids is 1. The molecule has 1 heterocycles. The van der Waals surface area contributed by atoms with E-state index in [0.717, 1.165) is 22.5 Å². The molecule has 0 saturated heterocycles. The summed E-state index contributed by atoms with van der Waals surface area (Å²) in [6, 6.07) is 14.2. The van der Waals surface area contributed by atoms with Crippen LogP contribution in [-0.2, 0) is 16.4 Å². The molecule has 3 aromatic rings. The van der Waals surface area contributed by atoms with E-state index in [1.54, 1.807) is 24.3 Å². The predicted molar refractivity (Wildman–Crippen MR) is 109 cm³/mol. The molecule has 1 aromatic heterocycles. The number of nitrogens with zero attached hydrogens (tertiary/aromatic N) is 2. The molecule has 2 aromatic carbocycles. The van der Waals surface area contributed by atoms with E-state index in [-0.39, 0.29) is 21.9 Å². The average Bonchev–Trinajstić information content (AvgIpc) is 3.13. The number of aryl methyl sites for hydroxylation is 1. The molecule has 146 valence electrons. The molecule has 0 radical (unpaired) electrons. The number of hydrogen-bond acceptors (Lipinski definition) is 6. The van der Waals surface area contributed by atoms with Crippen molar-refractivity contribution < 1.29 is 13.2 Å². The van der Waals surface area contributed by atoms with E-state index in [9.17, 15) is 13.2 Å². The lowest BCUT2D eigenvalue weighted by molar-refractivity contribution is 0.102. The van der Waals surface area contributed by atoms with Crippen molar-refractivity contribution in [3.05, 3.63) is 70.2 Å². The van der Waals surface area contributed by atoms with Gasteiger partial charge in [-0.05, 0) is 42.7 Å². The number of benzene rings is 2. The van der Waals surface area contributed by atoms with Crippen LogP contribution >= 0.6 is 22.9 Å². The summed E-state index contributed by atoms with van der Waals surface area (Å²) in [6.07, 6.45) is 0.506. The third-order valence-electron chi connectivity index (χ3n) is 3.87. The lowest BCUT2D eigenvalue weighted by atomic mass is 10.1. The van der Waals surface area contributed by atoms with Gasteiger partial charge in [-0.25, -0.2) is 13.1 Å². The van der Waals surface area contributed by atoms with Crippen molar-refractivity contribution in [1.82, 2.24) is 14.9 Å². The van der Waals surface area contributed by atoms with Gasteiger partial charge in [-0.15, -0.1) is 10.2 Å². The van der Waals surface area contributed by atoms with Gasteiger partial charge in [-0.1, -0.05) is 53.3 Å². The van der Waals surface area contributed by atoms with Crippen LogP contribution in [0.15, 0.2) is 52.9 Å². The minimum Gasteiger partial charge on any atom is -0.296 e. The third kappa shape index (κ3) is 5.14. The molecule has 0 saturated carbocycles.